The fourth-order valence-corrected chi connectivity index (χ4v) is 2.25. The summed E-state index contributed by atoms with van der Waals surface area (Å²) in [4.78, 5) is 12.0. The summed E-state index contributed by atoms with van der Waals surface area (Å²) in [6.07, 6.45) is -0.131. The van der Waals surface area contributed by atoms with Crippen molar-refractivity contribution >= 4 is 5.91 Å². The zero-order chi connectivity index (χ0) is 16.8. The van der Waals surface area contributed by atoms with E-state index < -0.39 is 35.8 Å². The second-order valence-corrected chi connectivity index (χ2v) is 5.08. The molecular formula is C17H16F3NO2. The number of rotatable bonds is 6. The van der Waals surface area contributed by atoms with Crippen molar-refractivity contribution in [2.75, 3.05) is 6.61 Å². The van der Waals surface area contributed by atoms with Crippen LogP contribution in [0.4, 0.5) is 13.2 Å². The van der Waals surface area contributed by atoms with Gasteiger partial charge in [-0.15, -0.1) is 0 Å². The van der Waals surface area contributed by atoms with Crippen LogP contribution in [-0.2, 0) is 11.2 Å². The number of hydrogen-bond donors (Lipinski definition) is 2. The Morgan fingerprint density at radius 1 is 1.04 bits per heavy atom. The van der Waals surface area contributed by atoms with Crippen molar-refractivity contribution in [3.8, 4) is 0 Å². The summed E-state index contributed by atoms with van der Waals surface area (Å²) in [6, 6.07) is 9.63. The predicted molar refractivity (Wildman–Crippen MR) is 79.0 cm³/mol. The number of benzene rings is 2. The topological polar surface area (TPSA) is 49.3 Å². The van der Waals surface area contributed by atoms with Gasteiger partial charge in [0.2, 0.25) is 5.91 Å². The van der Waals surface area contributed by atoms with Crippen LogP contribution >= 0.6 is 0 Å². The fraction of sp³-hybridized carbons (Fsp3) is 0.235. The van der Waals surface area contributed by atoms with E-state index in [0.29, 0.717) is 12.1 Å². The predicted octanol–water partition coefficient (Wildman–Crippen LogP) is 2.89. The number of halogens is 3. The van der Waals surface area contributed by atoms with Crippen LogP contribution in [0.15, 0.2) is 42.5 Å². The number of aliphatic hydroxyl groups is 1. The number of aliphatic hydroxyl groups excluding tert-OH is 1. The Morgan fingerprint density at radius 3 is 2.35 bits per heavy atom. The molecule has 2 aromatic rings. The highest BCUT2D eigenvalue weighted by atomic mass is 19.2. The maximum absolute atomic E-state index is 13.6. The molecule has 0 spiro atoms. The minimum Gasteiger partial charge on any atom is -0.396 e. The number of hydrogen-bond acceptors (Lipinski definition) is 2. The molecule has 0 aromatic heterocycles. The van der Waals surface area contributed by atoms with E-state index in [1.165, 1.54) is 0 Å². The Bertz CT molecular complexity index is 677. The molecule has 1 atom stereocenters. The lowest BCUT2D eigenvalue weighted by molar-refractivity contribution is -0.121. The molecule has 0 aliphatic rings. The molecule has 0 heterocycles. The molecule has 0 aliphatic heterocycles. The van der Waals surface area contributed by atoms with Gasteiger partial charge in [-0.2, -0.15) is 0 Å². The maximum atomic E-state index is 13.6. The summed E-state index contributed by atoms with van der Waals surface area (Å²) in [5, 5.41) is 11.8. The van der Waals surface area contributed by atoms with Gasteiger partial charge in [-0.25, -0.2) is 13.2 Å². The lowest BCUT2D eigenvalue weighted by atomic mass is 10.0. The van der Waals surface area contributed by atoms with Crippen molar-refractivity contribution in [3.05, 3.63) is 71.0 Å². The van der Waals surface area contributed by atoms with Crippen molar-refractivity contribution in [2.45, 2.75) is 18.9 Å². The van der Waals surface area contributed by atoms with E-state index in [2.05, 4.69) is 5.32 Å². The van der Waals surface area contributed by atoms with Gasteiger partial charge in [-0.1, -0.05) is 30.3 Å². The van der Waals surface area contributed by atoms with Crippen LogP contribution < -0.4 is 5.32 Å². The molecule has 0 bridgehead atoms. The zero-order valence-corrected chi connectivity index (χ0v) is 12.2. The van der Waals surface area contributed by atoms with Gasteiger partial charge in [-0.3, -0.25) is 4.79 Å². The van der Waals surface area contributed by atoms with Crippen molar-refractivity contribution < 1.29 is 23.1 Å². The van der Waals surface area contributed by atoms with Crippen molar-refractivity contribution in [1.29, 1.82) is 0 Å². The normalized spacial score (nSPS) is 12.0. The number of carbonyl (C=O) groups excluding carboxylic acids is 1. The molecule has 122 valence electrons. The van der Waals surface area contributed by atoms with E-state index in [4.69, 9.17) is 5.11 Å². The van der Waals surface area contributed by atoms with Gasteiger partial charge >= 0.3 is 0 Å². The molecule has 0 saturated carbocycles. The van der Waals surface area contributed by atoms with Gasteiger partial charge in [0.15, 0.2) is 11.6 Å². The van der Waals surface area contributed by atoms with Gasteiger partial charge in [0.05, 0.1) is 12.5 Å². The van der Waals surface area contributed by atoms with Crippen LogP contribution in [0.5, 0.6) is 0 Å². The summed E-state index contributed by atoms with van der Waals surface area (Å²) >= 11 is 0. The SMILES string of the molecule is O=C(Cc1cc(F)c(F)cc1F)NC(CCO)c1ccccc1. The minimum absolute atomic E-state index is 0.140. The third-order valence-electron chi connectivity index (χ3n) is 3.40. The van der Waals surface area contributed by atoms with Gasteiger partial charge in [0, 0.05) is 18.2 Å². The van der Waals surface area contributed by atoms with Crippen LogP contribution in [0, 0.1) is 17.5 Å². The first-order valence-electron chi connectivity index (χ1n) is 7.10. The van der Waals surface area contributed by atoms with Gasteiger partial charge in [0.25, 0.3) is 0 Å². The number of amides is 1. The van der Waals surface area contributed by atoms with E-state index in [1.807, 2.05) is 6.07 Å². The first-order valence-corrected chi connectivity index (χ1v) is 7.10. The molecule has 2 rings (SSSR count). The Kier molecular flexibility index (Phi) is 5.76. The largest absolute Gasteiger partial charge is 0.396 e. The third-order valence-corrected chi connectivity index (χ3v) is 3.40. The minimum atomic E-state index is -1.30. The van der Waals surface area contributed by atoms with Gasteiger partial charge < -0.3 is 10.4 Å². The van der Waals surface area contributed by atoms with Crippen molar-refractivity contribution in [1.82, 2.24) is 5.32 Å². The van der Waals surface area contributed by atoms with Crippen LogP contribution in [-0.4, -0.2) is 17.6 Å². The molecule has 1 amide bonds. The van der Waals surface area contributed by atoms with Crippen LogP contribution in [0.25, 0.3) is 0 Å². The number of nitrogens with one attached hydrogen (secondary N) is 1. The quantitative estimate of drug-likeness (QED) is 0.803. The van der Waals surface area contributed by atoms with E-state index in [0.717, 1.165) is 5.56 Å². The summed E-state index contributed by atoms with van der Waals surface area (Å²) in [6.45, 7) is -0.140. The zero-order valence-electron chi connectivity index (χ0n) is 12.2. The average Bonchev–Trinajstić information content (AvgIpc) is 2.53. The summed E-state index contributed by atoms with van der Waals surface area (Å²) in [5.74, 6) is -4.02. The lowest BCUT2D eigenvalue weighted by Gasteiger charge is -2.18. The fourth-order valence-electron chi connectivity index (χ4n) is 2.25. The molecule has 0 radical (unpaired) electrons. The first kappa shape index (κ1) is 17.0. The highest BCUT2D eigenvalue weighted by Crippen LogP contribution is 2.18. The molecular weight excluding hydrogens is 307 g/mol. The van der Waals surface area contributed by atoms with Crippen molar-refractivity contribution in [3.63, 3.8) is 0 Å². The van der Waals surface area contributed by atoms with E-state index >= 15 is 0 Å². The second-order valence-electron chi connectivity index (χ2n) is 5.08. The molecule has 1 unspecified atom stereocenters. The Labute approximate surface area is 131 Å². The van der Waals surface area contributed by atoms with E-state index in [1.54, 1.807) is 24.3 Å². The standard InChI is InChI=1S/C17H16F3NO2/c18-13-10-15(20)14(19)8-12(13)9-17(23)21-16(6-7-22)11-4-2-1-3-5-11/h1-5,8,10,16,22H,6-7,9H2,(H,21,23). The Balaban J connectivity index is 2.09. The van der Waals surface area contributed by atoms with E-state index in [9.17, 15) is 18.0 Å². The third kappa shape index (κ3) is 4.56. The van der Waals surface area contributed by atoms with Crippen LogP contribution in [0.2, 0.25) is 0 Å². The molecule has 23 heavy (non-hydrogen) atoms. The average molecular weight is 323 g/mol. The highest BCUT2D eigenvalue weighted by Gasteiger charge is 2.17. The summed E-state index contributed by atoms with van der Waals surface area (Å²) < 4.78 is 39.6. The monoisotopic (exact) mass is 323 g/mol. The summed E-state index contributed by atoms with van der Waals surface area (Å²) in [7, 11) is 0. The van der Waals surface area contributed by atoms with Gasteiger partial charge in [-0.05, 0) is 18.1 Å². The highest BCUT2D eigenvalue weighted by molar-refractivity contribution is 5.79. The molecule has 2 N–H and O–H groups in total. The van der Waals surface area contributed by atoms with E-state index in [-0.39, 0.29) is 18.6 Å². The van der Waals surface area contributed by atoms with Crippen LogP contribution in [0.3, 0.4) is 0 Å². The lowest BCUT2D eigenvalue weighted by Crippen LogP contribution is -2.30. The Morgan fingerprint density at radius 2 is 1.70 bits per heavy atom. The summed E-state index contributed by atoms with van der Waals surface area (Å²) in [5.41, 5.74) is 0.567. The molecule has 3 nitrogen and oxygen atoms in total. The molecule has 0 saturated heterocycles. The van der Waals surface area contributed by atoms with Crippen LogP contribution in [0.1, 0.15) is 23.6 Å². The molecule has 2 aromatic carbocycles. The molecule has 0 aliphatic carbocycles. The van der Waals surface area contributed by atoms with Crippen molar-refractivity contribution in [2.24, 2.45) is 0 Å². The number of carbonyl (C=O) groups is 1. The molecule has 6 heteroatoms. The maximum Gasteiger partial charge on any atom is 0.225 e. The Hall–Kier alpha value is -2.34. The van der Waals surface area contributed by atoms with Gasteiger partial charge in [0.1, 0.15) is 5.82 Å². The molecule has 0 fully saturated rings. The first-order chi connectivity index (χ1) is 11.0. The second kappa shape index (κ2) is 7.78. The smallest absolute Gasteiger partial charge is 0.225 e.